The Kier molecular flexibility index (Phi) is 5.78. The van der Waals surface area contributed by atoms with Crippen molar-refractivity contribution in [3.63, 3.8) is 0 Å². The normalized spacial score (nSPS) is 16.2. The number of anilines is 1. The minimum Gasteiger partial charge on any atom is -0.497 e. The minimum atomic E-state index is -0.572. The summed E-state index contributed by atoms with van der Waals surface area (Å²) in [6.45, 7) is 3.84. The third-order valence-electron chi connectivity index (χ3n) is 4.86. The first-order valence-electron chi connectivity index (χ1n) is 9.10. The van der Waals surface area contributed by atoms with E-state index in [-0.39, 0.29) is 31.3 Å². The summed E-state index contributed by atoms with van der Waals surface area (Å²) in [5.74, 6) is -0.870. The molecule has 0 aliphatic carbocycles. The zero-order valence-corrected chi connectivity index (χ0v) is 16.2. The zero-order chi connectivity index (χ0) is 20.3. The second-order valence-corrected chi connectivity index (χ2v) is 6.95. The fraction of sp³-hybridized carbons (Fsp3) is 0.318. The number of aryl methyl sites for hydroxylation is 2. The number of esters is 1. The summed E-state index contributed by atoms with van der Waals surface area (Å²) in [4.78, 5) is 38.6. The molecular formula is C22H23NO5. The van der Waals surface area contributed by atoms with Crippen LogP contribution in [0.5, 0.6) is 5.75 Å². The van der Waals surface area contributed by atoms with Crippen LogP contribution in [0.25, 0.3) is 0 Å². The van der Waals surface area contributed by atoms with Crippen LogP contribution in [0.1, 0.15) is 27.9 Å². The fourth-order valence-electron chi connectivity index (χ4n) is 3.32. The zero-order valence-electron chi connectivity index (χ0n) is 16.2. The first-order chi connectivity index (χ1) is 13.4. The molecule has 6 heteroatoms. The van der Waals surface area contributed by atoms with E-state index in [0.29, 0.717) is 11.3 Å². The Morgan fingerprint density at radius 2 is 1.82 bits per heavy atom. The molecule has 0 bridgehead atoms. The fourth-order valence-corrected chi connectivity index (χ4v) is 3.32. The van der Waals surface area contributed by atoms with Crippen molar-refractivity contribution in [2.75, 3.05) is 25.2 Å². The van der Waals surface area contributed by atoms with Crippen LogP contribution in [0.3, 0.4) is 0 Å². The minimum absolute atomic E-state index is 0.0862. The highest BCUT2D eigenvalue weighted by molar-refractivity contribution is 6.01. The van der Waals surface area contributed by atoms with E-state index < -0.39 is 11.9 Å². The number of carbonyl (C=O) groups is 3. The highest BCUT2D eigenvalue weighted by Gasteiger charge is 2.36. The molecule has 1 fully saturated rings. The molecule has 0 saturated carbocycles. The van der Waals surface area contributed by atoms with Crippen molar-refractivity contribution in [2.24, 2.45) is 5.92 Å². The molecule has 146 valence electrons. The maximum Gasteiger partial charge on any atom is 0.311 e. The summed E-state index contributed by atoms with van der Waals surface area (Å²) >= 11 is 0. The van der Waals surface area contributed by atoms with Gasteiger partial charge in [0.15, 0.2) is 12.4 Å². The van der Waals surface area contributed by atoms with Gasteiger partial charge in [-0.25, -0.2) is 0 Å². The number of hydrogen-bond acceptors (Lipinski definition) is 5. The van der Waals surface area contributed by atoms with Gasteiger partial charge in [0, 0.05) is 24.2 Å². The van der Waals surface area contributed by atoms with Crippen LogP contribution in [-0.2, 0) is 14.3 Å². The van der Waals surface area contributed by atoms with Crippen LogP contribution in [0.4, 0.5) is 5.69 Å². The van der Waals surface area contributed by atoms with E-state index in [9.17, 15) is 14.4 Å². The van der Waals surface area contributed by atoms with Gasteiger partial charge in [-0.3, -0.25) is 14.4 Å². The third kappa shape index (κ3) is 4.22. The average molecular weight is 381 g/mol. The Labute approximate surface area is 164 Å². The number of hydrogen-bond donors (Lipinski definition) is 0. The molecule has 1 aliphatic heterocycles. The summed E-state index contributed by atoms with van der Waals surface area (Å²) in [6, 6.07) is 12.4. The predicted molar refractivity (Wildman–Crippen MR) is 105 cm³/mol. The van der Waals surface area contributed by atoms with Crippen LogP contribution in [0.2, 0.25) is 0 Å². The molecule has 1 aliphatic rings. The number of carbonyl (C=O) groups excluding carboxylic acids is 3. The van der Waals surface area contributed by atoms with Gasteiger partial charge in [0.1, 0.15) is 5.75 Å². The van der Waals surface area contributed by atoms with Crippen molar-refractivity contribution in [2.45, 2.75) is 20.3 Å². The largest absolute Gasteiger partial charge is 0.497 e. The van der Waals surface area contributed by atoms with Crippen molar-refractivity contribution in [1.29, 1.82) is 0 Å². The maximum absolute atomic E-state index is 12.4. The summed E-state index contributed by atoms with van der Waals surface area (Å²) < 4.78 is 10.2. The van der Waals surface area contributed by atoms with Gasteiger partial charge in [-0.15, -0.1) is 0 Å². The Morgan fingerprint density at radius 1 is 1.11 bits per heavy atom. The van der Waals surface area contributed by atoms with Crippen molar-refractivity contribution in [3.8, 4) is 5.75 Å². The summed E-state index contributed by atoms with van der Waals surface area (Å²) in [7, 11) is 1.54. The Bertz CT molecular complexity index is 904. The number of nitrogens with zero attached hydrogens (tertiary/aromatic N) is 1. The number of ether oxygens (including phenoxy) is 2. The molecule has 1 saturated heterocycles. The van der Waals surface area contributed by atoms with Gasteiger partial charge >= 0.3 is 5.97 Å². The lowest BCUT2D eigenvalue weighted by Crippen LogP contribution is -2.27. The predicted octanol–water partition coefficient (Wildman–Crippen LogP) is 3.09. The standard InChI is InChI=1S/C22H23NO5/c1-14-4-9-19(15(2)10-14)23-12-17(11-21(23)25)22(26)28-13-20(24)16-5-7-18(27-3)8-6-16/h4-10,17H,11-13H2,1-3H3/t17-/m1/s1. The lowest BCUT2D eigenvalue weighted by atomic mass is 10.1. The molecule has 1 atom stereocenters. The van der Waals surface area contributed by atoms with Gasteiger partial charge < -0.3 is 14.4 Å². The van der Waals surface area contributed by atoms with Crippen LogP contribution in [0, 0.1) is 19.8 Å². The number of amides is 1. The van der Waals surface area contributed by atoms with Crippen LogP contribution < -0.4 is 9.64 Å². The number of benzene rings is 2. The molecule has 0 spiro atoms. The molecule has 1 amide bonds. The number of ketones is 1. The van der Waals surface area contributed by atoms with Gasteiger partial charge in [0.05, 0.1) is 13.0 Å². The smallest absolute Gasteiger partial charge is 0.311 e. The molecular weight excluding hydrogens is 358 g/mol. The van der Waals surface area contributed by atoms with Crippen LogP contribution in [-0.4, -0.2) is 37.9 Å². The average Bonchev–Trinajstić information content (AvgIpc) is 3.07. The lowest BCUT2D eigenvalue weighted by Gasteiger charge is -2.19. The topological polar surface area (TPSA) is 72.9 Å². The van der Waals surface area contributed by atoms with Gasteiger partial charge in [0.25, 0.3) is 0 Å². The SMILES string of the molecule is COc1ccc(C(=O)COC(=O)[C@@H]2CC(=O)N(c3ccc(C)cc3C)C2)cc1. The first kappa shape index (κ1) is 19.6. The van der Waals surface area contributed by atoms with E-state index in [2.05, 4.69) is 0 Å². The maximum atomic E-state index is 12.4. The molecule has 6 nitrogen and oxygen atoms in total. The Morgan fingerprint density at radius 3 is 2.46 bits per heavy atom. The van der Waals surface area contributed by atoms with Crippen molar-refractivity contribution in [3.05, 3.63) is 59.2 Å². The highest BCUT2D eigenvalue weighted by atomic mass is 16.5. The Hall–Kier alpha value is -3.15. The quantitative estimate of drug-likeness (QED) is 0.568. The van der Waals surface area contributed by atoms with E-state index in [1.807, 2.05) is 32.0 Å². The molecule has 2 aromatic rings. The first-order valence-corrected chi connectivity index (χ1v) is 9.10. The number of rotatable bonds is 6. The van der Waals surface area contributed by atoms with Gasteiger partial charge in [-0.1, -0.05) is 17.7 Å². The van der Waals surface area contributed by atoms with Gasteiger partial charge in [0.2, 0.25) is 5.91 Å². The van der Waals surface area contributed by atoms with E-state index in [1.54, 1.807) is 36.3 Å². The number of Topliss-reactive ketones (excluding diaryl/α,β-unsaturated/α-hetero) is 1. The lowest BCUT2D eigenvalue weighted by molar-refractivity contribution is -0.147. The molecule has 2 aromatic carbocycles. The van der Waals surface area contributed by atoms with E-state index in [0.717, 1.165) is 16.8 Å². The molecule has 1 heterocycles. The van der Waals surface area contributed by atoms with Gasteiger partial charge in [-0.05, 0) is 49.7 Å². The van der Waals surface area contributed by atoms with Crippen molar-refractivity contribution >= 4 is 23.3 Å². The molecule has 0 unspecified atom stereocenters. The monoisotopic (exact) mass is 381 g/mol. The summed E-state index contributed by atoms with van der Waals surface area (Å²) in [5.41, 5.74) is 3.34. The molecule has 0 aromatic heterocycles. The molecule has 3 rings (SSSR count). The van der Waals surface area contributed by atoms with Crippen molar-refractivity contribution < 1.29 is 23.9 Å². The molecule has 0 N–H and O–H groups in total. The third-order valence-corrected chi connectivity index (χ3v) is 4.86. The summed E-state index contributed by atoms with van der Waals surface area (Å²) in [5, 5.41) is 0. The van der Waals surface area contributed by atoms with Crippen molar-refractivity contribution in [1.82, 2.24) is 0 Å². The van der Waals surface area contributed by atoms with E-state index >= 15 is 0 Å². The van der Waals surface area contributed by atoms with Crippen LogP contribution >= 0.6 is 0 Å². The number of methoxy groups -OCH3 is 1. The summed E-state index contributed by atoms with van der Waals surface area (Å²) in [6.07, 6.45) is 0.0862. The molecule has 0 radical (unpaired) electrons. The Balaban J connectivity index is 1.59. The second-order valence-electron chi connectivity index (χ2n) is 6.95. The van der Waals surface area contributed by atoms with E-state index in [1.165, 1.54) is 0 Å². The second kappa shape index (κ2) is 8.25. The molecule has 28 heavy (non-hydrogen) atoms. The highest BCUT2D eigenvalue weighted by Crippen LogP contribution is 2.29. The van der Waals surface area contributed by atoms with Gasteiger partial charge in [-0.2, -0.15) is 0 Å². The van der Waals surface area contributed by atoms with E-state index in [4.69, 9.17) is 9.47 Å². The van der Waals surface area contributed by atoms with Crippen LogP contribution in [0.15, 0.2) is 42.5 Å².